The van der Waals surface area contributed by atoms with Gasteiger partial charge >= 0.3 is 0 Å². The van der Waals surface area contributed by atoms with Crippen molar-refractivity contribution in [3.63, 3.8) is 0 Å². The first kappa shape index (κ1) is 14.5. The molecule has 2 aromatic rings. The second-order valence-electron chi connectivity index (χ2n) is 4.08. The SMILES string of the molecule is N=C(N)c1ccc(OCc2ccc(F)cc2Br)c(F)c1. The lowest BCUT2D eigenvalue weighted by molar-refractivity contribution is 0.289. The minimum absolute atomic E-state index is 0.0474. The molecule has 6 heteroatoms. The molecule has 0 atom stereocenters. The molecule has 2 rings (SSSR count). The number of amidine groups is 1. The molecule has 2 aromatic carbocycles. The Morgan fingerprint density at radius 1 is 1.20 bits per heavy atom. The van der Waals surface area contributed by atoms with Gasteiger partial charge in [0.2, 0.25) is 0 Å². The highest BCUT2D eigenvalue weighted by molar-refractivity contribution is 9.10. The van der Waals surface area contributed by atoms with Gasteiger partial charge < -0.3 is 10.5 Å². The van der Waals surface area contributed by atoms with Crippen LogP contribution in [-0.4, -0.2) is 5.84 Å². The molecule has 0 amide bonds. The van der Waals surface area contributed by atoms with E-state index in [1.807, 2.05) is 0 Å². The van der Waals surface area contributed by atoms with Crippen LogP contribution in [0.4, 0.5) is 8.78 Å². The molecule has 20 heavy (non-hydrogen) atoms. The van der Waals surface area contributed by atoms with Gasteiger partial charge in [-0.3, -0.25) is 5.41 Å². The van der Waals surface area contributed by atoms with Crippen LogP contribution in [0.5, 0.6) is 5.75 Å². The minimum atomic E-state index is -0.601. The number of hydrogen-bond donors (Lipinski definition) is 2. The van der Waals surface area contributed by atoms with E-state index in [9.17, 15) is 8.78 Å². The monoisotopic (exact) mass is 340 g/mol. The normalized spacial score (nSPS) is 10.3. The summed E-state index contributed by atoms with van der Waals surface area (Å²) in [6.07, 6.45) is 0. The Balaban J connectivity index is 2.13. The smallest absolute Gasteiger partial charge is 0.165 e. The van der Waals surface area contributed by atoms with Gasteiger partial charge in [0.05, 0.1) is 0 Å². The highest BCUT2D eigenvalue weighted by Crippen LogP contribution is 2.23. The summed E-state index contributed by atoms with van der Waals surface area (Å²) in [5.74, 6) is -1.13. The second-order valence-corrected chi connectivity index (χ2v) is 4.94. The summed E-state index contributed by atoms with van der Waals surface area (Å²) in [5, 5.41) is 7.22. The Labute approximate surface area is 123 Å². The van der Waals surface area contributed by atoms with Crippen LogP contribution in [0, 0.1) is 17.0 Å². The summed E-state index contributed by atoms with van der Waals surface area (Å²) >= 11 is 3.21. The molecule has 3 nitrogen and oxygen atoms in total. The minimum Gasteiger partial charge on any atom is -0.486 e. The van der Waals surface area contributed by atoms with Crippen molar-refractivity contribution in [2.45, 2.75) is 6.61 Å². The van der Waals surface area contributed by atoms with Gasteiger partial charge in [-0.2, -0.15) is 0 Å². The van der Waals surface area contributed by atoms with E-state index in [-0.39, 0.29) is 29.6 Å². The Kier molecular flexibility index (Phi) is 4.34. The first-order chi connectivity index (χ1) is 9.47. The Morgan fingerprint density at radius 3 is 2.55 bits per heavy atom. The highest BCUT2D eigenvalue weighted by atomic mass is 79.9. The van der Waals surface area contributed by atoms with Crippen molar-refractivity contribution in [3.05, 3.63) is 63.6 Å². The van der Waals surface area contributed by atoms with Crippen LogP contribution in [0.3, 0.4) is 0 Å². The van der Waals surface area contributed by atoms with Crippen molar-refractivity contribution in [2.75, 3.05) is 0 Å². The predicted octanol–water partition coefficient (Wildman–Crippen LogP) is 3.59. The van der Waals surface area contributed by atoms with Crippen LogP contribution in [0.25, 0.3) is 0 Å². The summed E-state index contributed by atoms with van der Waals surface area (Å²) in [6, 6.07) is 8.22. The molecule has 0 heterocycles. The number of nitrogens with two attached hydrogens (primary N) is 1. The molecule has 0 aromatic heterocycles. The summed E-state index contributed by atoms with van der Waals surface area (Å²) in [4.78, 5) is 0. The Hall–Kier alpha value is -1.95. The van der Waals surface area contributed by atoms with Gasteiger partial charge in [-0.05, 0) is 30.3 Å². The average molecular weight is 341 g/mol. The fourth-order valence-electron chi connectivity index (χ4n) is 1.58. The van der Waals surface area contributed by atoms with Crippen LogP contribution in [0.1, 0.15) is 11.1 Å². The molecule has 0 saturated carbocycles. The zero-order valence-electron chi connectivity index (χ0n) is 10.3. The van der Waals surface area contributed by atoms with Crippen molar-refractivity contribution in [1.82, 2.24) is 0 Å². The molecule has 3 N–H and O–H groups in total. The van der Waals surface area contributed by atoms with E-state index >= 15 is 0 Å². The molecule has 0 saturated heterocycles. The van der Waals surface area contributed by atoms with Gasteiger partial charge in [0, 0.05) is 15.6 Å². The lowest BCUT2D eigenvalue weighted by Gasteiger charge is -2.09. The highest BCUT2D eigenvalue weighted by Gasteiger charge is 2.08. The maximum absolute atomic E-state index is 13.7. The van der Waals surface area contributed by atoms with Crippen molar-refractivity contribution in [3.8, 4) is 5.75 Å². The van der Waals surface area contributed by atoms with E-state index in [1.54, 1.807) is 6.07 Å². The Morgan fingerprint density at radius 2 is 1.95 bits per heavy atom. The van der Waals surface area contributed by atoms with Crippen molar-refractivity contribution in [1.29, 1.82) is 5.41 Å². The fourth-order valence-corrected chi connectivity index (χ4v) is 2.04. The van der Waals surface area contributed by atoms with E-state index in [0.29, 0.717) is 10.0 Å². The number of rotatable bonds is 4. The van der Waals surface area contributed by atoms with E-state index in [2.05, 4.69) is 15.9 Å². The molecule has 0 unspecified atom stereocenters. The first-order valence-corrected chi connectivity index (χ1v) is 6.47. The summed E-state index contributed by atoms with van der Waals surface area (Å²) in [7, 11) is 0. The number of ether oxygens (including phenoxy) is 1. The maximum atomic E-state index is 13.7. The average Bonchev–Trinajstić information content (AvgIpc) is 2.38. The lowest BCUT2D eigenvalue weighted by atomic mass is 10.2. The molecular formula is C14H11BrF2N2O. The number of nitrogens with one attached hydrogen (secondary N) is 1. The molecule has 0 fully saturated rings. The third-order valence-electron chi connectivity index (χ3n) is 2.64. The zero-order valence-corrected chi connectivity index (χ0v) is 11.9. The third kappa shape index (κ3) is 3.33. The molecule has 0 aliphatic carbocycles. The van der Waals surface area contributed by atoms with Gasteiger partial charge in [-0.15, -0.1) is 0 Å². The van der Waals surface area contributed by atoms with Crippen molar-refractivity contribution in [2.24, 2.45) is 5.73 Å². The topological polar surface area (TPSA) is 59.1 Å². The van der Waals surface area contributed by atoms with E-state index < -0.39 is 5.82 Å². The largest absolute Gasteiger partial charge is 0.486 e. The van der Waals surface area contributed by atoms with Gasteiger partial charge in [-0.25, -0.2) is 8.78 Å². The molecule has 0 aliphatic heterocycles. The lowest BCUT2D eigenvalue weighted by Crippen LogP contribution is -2.11. The fraction of sp³-hybridized carbons (Fsp3) is 0.0714. The summed E-state index contributed by atoms with van der Waals surface area (Å²) in [5.41, 5.74) is 6.25. The molecular weight excluding hydrogens is 330 g/mol. The quantitative estimate of drug-likeness (QED) is 0.660. The standard InChI is InChI=1S/C14H11BrF2N2O/c15-11-6-10(16)3-1-9(11)7-20-13-4-2-8(14(18)19)5-12(13)17/h1-6H,7H2,(H3,18,19). The number of benzene rings is 2. The number of halogens is 3. The van der Waals surface area contributed by atoms with Gasteiger partial charge in [0.25, 0.3) is 0 Å². The van der Waals surface area contributed by atoms with Crippen molar-refractivity contribution >= 4 is 21.8 Å². The number of nitrogen functional groups attached to an aromatic ring is 1. The van der Waals surface area contributed by atoms with Gasteiger partial charge in [0.15, 0.2) is 11.6 Å². The first-order valence-electron chi connectivity index (χ1n) is 5.68. The second kappa shape index (κ2) is 6.00. The summed E-state index contributed by atoms with van der Waals surface area (Å²) < 4.78 is 32.6. The van der Waals surface area contributed by atoms with Crippen LogP contribution < -0.4 is 10.5 Å². The van der Waals surface area contributed by atoms with Gasteiger partial charge in [0.1, 0.15) is 18.3 Å². The van der Waals surface area contributed by atoms with Crippen LogP contribution >= 0.6 is 15.9 Å². The third-order valence-corrected chi connectivity index (χ3v) is 3.38. The Bertz CT molecular complexity index is 662. The van der Waals surface area contributed by atoms with E-state index in [4.69, 9.17) is 15.9 Å². The molecule has 104 valence electrons. The van der Waals surface area contributed by atoms with Crippen LogP contribution in [0.2, 0.25) is 0 Å². The predicted molar refractivity (Wildman–Crippen MR) is 75.8 cm³/mol. The summed E-state index contributed by atoms with van der Waals surface area (Å²) in [6.45, 7) is 0.0944. The van der Waals surface area contributed by atoms with Gasteiger partial charge in [-0.1, -0.05) is 22.0 Å². The van der Waals surface area contributed by atoms with Crippen LogP contribution in [-0.2, 0) is 6.61 Å². The van der Waals surface area contributed by atoms with Crippen molar-refractivity contribution < 1.29 is 13.5 Å². The molecule has 0 aliphatic rings. The van der Waals surface area contributed by atoms with E-state index in [0.717, 1.165) is 6.07 Å². The molecule has 0 radical (unpaired) electrons. The van der Waals surface area contributed by atoms with Crippen LogP contribution in [0.15, 0.2) is 40.9 Å². The molecule has 0 bridgehead atoms. The maximum Gasteiger partial charge on any atom is 0.165 e. The number of hydrogen-bond acceptors (Lipinski definition) is 2. The molecule has 0 spiro atoms. The zero-order chi connectivity index (χ0) is 14.7. The van der Waals surface area contributed by atoms with E-state index in [1.165, 1.54) is 24.3 Å².